The van der Waals surface area contributed by atoms with Crippen LogP contribution < -0.4 is 10.0 Å². The molecule has 4 nitrogen and oxygen atoms in total. The van der Waals surface area contributed by atoms with Gasteiger partial charge in [0, 0.05) is 6.54 Å². The van der Waals surface area contributed by atoms with E-state index in [0.717, 1.165) is 25.9 Å². The third-order valence-corrected chi connectivity index (χ3v) is 3.97. The Morgan fingerprint density at radius 3 is 2.44 bits per heavy atom. The number of nitrogens with one attached hydrogen (secondary N) is 2. The second-order valence-corrected chi connectivity index (χ2v) is 6.21. The molecule has 0 saturated carbocycles. The van der Waals surface area contributed by atoms with Gasteiger partial charge in [0.1, 0.15) is 0 Å². The summed E-state index contributed by atoms with van der Waals surface area (Å²) in [6.45, 7) is 8.50. The highest BCUT2D eigenvalue weighted by atomic mass is 32.2. The molecule has 2 N–H and O–H groups in total. The quantitative estimate of drug-likeness (QED) is 0.575. The lowest BCUT2D eigenvalue weighted by Gasteiger charge is -2.10. The van der Waals surface area contributed by atoms with Gasteiger partial charge in [0.25, 0.3) is 0 Å². The van der Waals surface area contributed by atoms with E-state index in [1.54, 1.807) is 0 Å². The van der Waals surface area contributed by atoms with Crippen LogP contribution in [0.1, 0.15) is 40.0 Å². The molecule has 0 aromatic rings. The molecule has 0 fully saturated rings. The predicted molar refractivity (Wildman–Crippen MR) is 69.0 cm³/mol. The third-order valence-electron chi connectivity index (χ3n) is 2.54. The Balaban J connectivity index is 3.63. The van der Waals surface area contributed by atoms with E-state index < -0.39 is 10.0 Å². The zero-order valence-corrected chi connectivity index (χ0v) is 11.6. The fraction of sp³-hybridized carbons (Fsp3) is 1.00. The molecule has 0 aliphatic rings. The van der Waals surface area contributed by atoms with E-state index in [9.17, 15) is 8.42 Å². The van der Waals surface area contributed by atoms with Gasteiger partial charge in [-0.15, -0.1) is 0 Å². The number of hydrogen-bond donors (Lipinski definition) is 2. The monoisotopic (exact) mass is 250 g/mol. The van der Waals surface area contributed by atoms with Crippen LogP contribution in [-0.2, 0) is 10.0 Å². The summed E-state index contributed by atoms with van der Waals surface area (Å²) in [6, 6.07) is 0. The van der Waals surface area contributed by atoms with E-state index in [4.69, 9.17) is 0 Å². The minimum atomic E-state index is -3.06. The maximum atomic E-state index is 11.5. The lowest BCUT2D eigenvalue weighted by Crippen LogP contribution is -2.31. The molecule has 0 spiro atoms. The van der Waals surface area contributed by atoms with Crippen LogP contribution in [0.15, 0.2) is 0 Å². The summed E-state index contributed by atoms with van der Waals surface area (Å²) >= 11 is 0. The van der Waals surface area contributed by atoms with Gasteiger partial charge in [-0.1, -0.05) is 27.2 Å². The van der Waals surface area contributed by atoms with Crippen LogP contribution in [0.3, 0.4) is 0 Å². The molecule has 1 atom stereocenters. The van der Waals surface area contributed by atoms with E-state index in [-0.39, 0.29) is 5.75 Å². The highest BCUT2D eigenvalue weighted by Crippen LogP contribution is 1.99. The number of rotatable bonds is 10. The third kappa shape index (κ3) is 9.12. The molecule has 0 aromatic heterocycles. The fourth-order valence-corrected chi connectivity index (χ4v) is 2.38. The van der Waals surface area contributed by atoms with Crippen molar-refractivity contribution in [3.05, 3.63) is 0 Å². The smallest absolute Gasteiger partial charge is 0.211 e. The molecule has 0 amide bonds. The first kappa shape index (κ1) is 15.9. The standard InChI is InChI=1S/C11H26N2O2S/c1-4-7-12-8-6-9-16(14,15)13-10-11(3)5-2/h11-13H,4-10H2,1-3H3. The van der Waals surface area contributed by atoms with Crippen molar-refractivity contribution in [2.24, 2.45) is 5.92 Å². The van der Waals surface area contributed by atoms with Crippen LogP contribution in [0, 0.1) is 5.92 Å². The lowest BCUT2D eigenvalue weighted by molar-refractivity contribution is 0.526. The lowest BCUT2D eigenvalue weighted by atomic mass is 10.1. The maximum Gasteiger partial charge on any atom is 0.211 e. The van der Waals surface area contributed by atoms with E-state index in [1.807, 2.05) is 6.92 Å². The molecule has 1 unspecified atom stereocenters. The Bertz CT molecular complexity index is 253. The van der Waals surface area contributed by atoms with Crippen molar-refractivity contribution in [1.82, 2.24) is 10.0 Å². The maximum absolute atomic E-state index is 11.5. The molecular formula is C11H26N2O2S. The summed E-state index contributed by atoms with van der Waals surface area (Å²) in [5.41, 5.74) is 0. The molecule has 0 rings (SSSR count). The van der Waals surface area contributed by atoms with Crippen molar-refractivity contribution in [2.75, 3.05) is 25.4 Å². The summed E-state index contributed by atoms with van der Waals surface area (Å²) in [5.74, 6) is 0.633. The van der Waals surface area contributed by atoms with Crippen LogP contribution in [-0.4, -0.2) is 33.8 Å². The summed E-state index contributed by atoms with van der Waals surface area (Å²) in [7, 11) is -3.06. The molecule has 0 aromatic carbocycles. The largest absolute Gasteiger partial charge is 0.317 e. The number of hydrogen-bond acceptors (Lipinski definition) is 3. The van der Waals surface area contributed by atoms with E-state index in [1.165, 1.54) is 0 Å². The number of sulfonamides is 1. The molecule has 16 heavy (non-hydrogen) atoms. The van der Waals surface area contributed by atoms with Crippen LogP contribution in [0.4, 0.5) is 0 Å². The van der Waals surface area contributed by atoms with E-state index in [2.05, 4.69) is 23.9 Å². The molecule has 5 heteroatoms. The van der Waals surface area contributed by atoms with Crippen LogP contribution in [0.5, 0.6) is 0 Å². The summed E-state index contributed by atoms with van der Waals surface area (Å²) in [6.07, 6.45) is 2.76. The van der Waals surface area contributed by atoms with Crippen molar-refractivity contribution < 1.29 is 8.42 Å². The van der Waals surface area contributed by atoms with Gasteiger partial charge in [0.15, 0.2) is 0 Å². The second kappa shape index (κ2) is 8.96. The molecule has 98 valence electrons. The highest BCUT2D eigenvalue weighted by Gasteiger charge is 2.10. The average Bonchev–Trinajstić information content (AvgIpc) is 2.25. The van der Waals surface area contributed by atoms with Gasteiger partial charge in [-0.05, 0) is 31.8 Å². The van der Waals surface area contributed by atoms with Gasteiger partial charge >= 0.3 is 0 Å². The fourth-order valence-electron chi connectivity index (χ4n) is 1.17. The Hall–Kier alpha value is -0.130. The minimum absolute atomic E-state index is 0.222. The van der Waals surface area contributed by atoms with Crippen LogP contribution >= 0.6 is 0 Å². The summed E-state index contributed by atoms with van der Waals surface area (Å²) in [4.78, 5) is 0. The normalized spacial score (nSPS) is 13.9. The van der Waals surface area contributed by atoms with Crippen molar-refractivity contribution in [3.8, 4) is 0 Å². The molecule has 0 heterocycles. The average molecular weight is 250 g/mol. The van der Waals surface area contributed by atoms with Gasteiger partial charge in [-0.3, -0.25) is 0 Å². The zero-order valence-electron chi connectivity index (χ0n) is 10.8. The van der Waals surface area contributed by atoms with Gasteiger partial charge in [0.2, 0.25) is 10.0 Å². The van der Waals surface area contributed by atoms with Crippen LogP contribution in [0.2, 0.25) is 0 Å². The molecule has 0 radical (unpaired) electrons. The Kier molecular flexibility index (Phi) is 8.89. The van der Waals surface area contributed by atoms with Crippen LogP contribution in [0.25, 0.3) is 0 Å². The highest BCUT2D eigenvalue weighted by molar-refractivity contribution is 7.89. The topological polar surface area (TPSA) is 58.2 Å². The minimum Gasteiger partial charge on any atom is -0.317 e. The summed E-state index contributed by atoms with van der Waals surface area (Å²) < 4.78 is 25.7. The first-order valence-corrected chi connectivity index (χ1v) is 7.85. The molecular weight excluding hydrogens is 224 g/mol. The Morgan fingerprint density at radius 2 is 1.88 bits per heavy atom. The second-order valence-electron chi connectivity index (χ2n) is 4.28. The first-order chi connectivity index (χ1) is 7.52. The van der Waals surface area contributed by atoms with Gasteiger partial charge in [-0.2, -0.15) is 0 Å². The Labute approximate surface area is 100 Å². The molecule has 0 aliphatic heterocycles. The molecule has 0 saturated heterocycles. The van der Waals surface area contributed by atoms with Crippen molar-refractivity contribution in [2.45, 2.75) is 40.0 Å². The van der Waals surface area contributed by atoms with E-state index >= 15 is 0 Å². The summed E-state index contributed by atoms with van der Waals surface area (Å²) in [5, 5.41) is 3.19. The Morgan fingerprint density at radius 1 is 1.19 bits per heavy atom. The predicted octanol–water partition coefficient (Wildman–Crippen LogP) is 1.34. The van der Waals surface area contributed by atoms with Gasteiger partial charge in [-0.25, -0.2) is 13.1 Å². The zero-order chi connectivity index (χ0) is 12.4. The first-order valence-electron chi connectivity index (χ1n) is 6.19. The molecule has 0 bridgehead atoms. The molecule has 0 aliphatic carbocycles. The van der Waals surface area contributed by atoms with Crippen molar-refractivity contribution in [3.63, 3.8) is 0 Å². The van der Waals surface area contributed by atoms with Gasteiger partial charge in [0.05, 0.1) is 5.75 Å². The van der Waals surface area contributed by atoms with Gasteiger partial charge < -0.3 is 5.32 Å². The SMILES string of the molecule is CCCNCCCS(=O)(=O)NCC(C)CC. The van der Waals surface area contributed by atoms with E-state index in [0.29, 0.717) is 18.9 Å². The van der Waals surface area contributed by atoms with Crippen molar-refractivity contribution >= 4 is 10.0 Å². The van der Waals surface area contributed by atoms with Crippen molar-refractivity contribution in [1.29, 1.82) is 0 Å².